The predicted molar refractivity (Wildman–Crippen MR) is 67.9 cm³/mol. The first-order chi connectivity index (χ1) is 8.61. The second kappa shape index (κ2) is 5.05. The summed E-state index contributed by atoms with van der Waals surface area (Å²) in [6.07, 6.45) is 0.754. The molecule has 18 heavy (non-hydrogen) atoms. The highest BCUT2D eigenvalue weighted by atomic mass is 16.4. The Morgan fingerprint density at radius 2 is 2.28 bits per heavy atom. The molecule has 1 amide bonds. The molecule has 0 unspecified atom stereocenters. The summed E-state index contributed by atoms with van der Waals surface area (Å²) in [4.78, 5) is 24.3. The number of fused-ring (bicyclic) bond motifs is 1. The Hall–Kier alpha value is -2.08. The molecule has 6 heteroatoms. The number of anilines is 2. The molecule has 1 aliphatic rings. The number of rotatable bonds is 4. The lowest BCUT2D eigenvalue weighted by atomic mass is 10.1. The van der Waals surface area contributed by atoms with Gasteiger partial charge in [-0.2, -0.15) is 0 Å². The van der Waals surface area contributed by atoms with Crippen LogP contribution in [-0.4, -0.2) is 36.6 Å². The number of hydrogen-bond donors (Lipinski definition) is 3. The minimum Gasteiger partial charge on any atom is -0.478 e. The summed E-state index contributed by atoms with van der Waals surface area (Å²) in [6, 6.07) is 4.67. The number of carboxylic acids is 1. The molecule has 1 aliphatic heterocycles. The molecule has 96 valence electrons. The molecular formula is C12H15N3O3. The molecule has 0 aromatic heterocycles. The molecule has 0 bridgehead atoms. The average Bonchev–Trinajstić information content (AvgIpc) is 2.35. The first kappa shape index (κ1) is 12.4. The van der Waals surface area contributed by atoms with Crippen molar-refractivity contribution >= 4 is 23.3 Å². The molecule has 0 aliphatic carbocycles. The molecule has 0 atom stereocenters. The summed E-state index contributed by atoms with van der Waals surface area (Å²) in [5.74, 6) is -1.07. The fraction of sp³-hybridized carbons (Fsp3) is 0.333. The number of nitrogens with two attached hydrogens (primary N) is 1. The quantitative estimate of drug-likeness (QED) is 0.721. The minimum absolute atomic E-state index is 0.0948. The van der Waals surface area contributed by atoms with Crippen LogP contribution in [0.4, 0.5) is 11.4 Å². The Labute approximate surface area is 104 Å². The Bertz CT molecular complexity index is 487. The van der Waals surface area contributed by atoms with Crippen LogP contribution < -0.4 is 16.0 Å². The monoisotopic (exact) mass is 249 g/mol. The maximum Gasteiger partial charge on any atom is 0.335 e. The van der Waals surface area contributed by atoms with E-state index in [4.69, 9.17) is 10.8 Å². The van der Waals surface area contributed by atoms with E-state index in [0.29, 0.717) is 18.8 Å². The highest BCUT2D eigenvalue weighted by Crippen LogP contribution is 2.30. The van der Waals surface area contributed by atoms with Crippen molar-refractivity contribution < 1.29 is 14.7 Å². The van der Waals surface area contributed by atoms with Crippen LogP contribution in [0.2, 0.25) is 0 Å². The number of carboxylic acid groups (broad SMARTS) is 1. The molecule has 2 rings (SSSR count). The predicted octanol–water partition coefficient (Wildman–Crippen LogP) is 0.492. The van der Waals surface area contributed by atoms with Crippen LogP contribution in [0.1, 0.15) is 16.8 Å². The van der Waals surface area contributed by atoms with Crippen LogP contribution in [0.5, 0.6) is 0 Å². The fourth-order valence-electron chi connectivity index (χ4n) is 1.96. The second-order valence-electron chi connectivity index (χ2n) is 4.15. The van der Waals surface area contributed by atoms with Crippen molar-refractivity contribution in [2.24, 2.45) is 5.73 Å². The van der Waals surface area contributed by atoms with Crippen molar-refractivity contribution in [1.29, 1.82) is 0 Å². The zero-order valence-corrected chi connectivity index (χ0v) is 9.85. The van der Waals surface area contributed by atoms with Crippen LogP contribution >= 0.6 is 0 Å². The lowest BCUT2D eigenvalue weighted by Gasteiger charge is -2.31. The number of aromatic carboxylic acids is 1. The standard InChI is InChI=1S/C12H15N3O3/c13-4-1-5-15-7-11(16)14-9-3-2-8(12(17)18)6-10(9)15/h2-3,6H,1,4-5,7,13H2,(H,14,16)(H,17,18). The number of hydrogen-bond acceptors (Lipinski definition) is 4. The van der Waals surface area contributed by atoms with E-state index in [-0.39, 0.29) is 18.0 Å². The van der Waals surface area contributed by atoms with Crippen molar-refractivity contribution in [2.45, 2.75) is 6.42 Å². The van der Waals surface area contributed by atoms with Crippen LogP contribution in [0.25, 0.3) is 0 Å². The van der Waals surface area contributed by atoms with E-state index in [1.165, 1.54) is 6.07 Å². The Morgan fingerprint density at radius 1 is 1.50 bits per heavy atom. The summed E-state index contributed by atoms with van der Waals surface area (Å²) in [7, 11) is 0. The van der Waals surface area contributed by atoms with E-state index in [2.05, 4.69) is 5.32 Å². The summed E-state index contributed by atoms with van der Waals surface area (Å²) < 4.78 is 0. The van der Waals surface area contributed by atoms with Crippen LogP contribution in [-0.2, 0) is 4.79 Å². The first-order valence-corrected chi connectivity index (χ1v) is 5.74. The molecule has 0 fully saturated rings. The van der Waals surface area contributed by atoms with Crippen molar-refractivity contribution in [2.75, 3.05) is 29.9 Å². The van der Waals surface area contributed by atoms with Crippen LogP contribution in [0.3, 0.4) is 0 Å². The molecule has 0 radical (unpaired) electrons. The summed E-state index contributed by atoms with van der Waals surface area (Å²) in [5.41, 5.74) is 7.05. The molecule has 1 aromatic rings. The van der Waals surface area contributed by atoms with Crippen molar-refractivity contribution in [3.8, 4) is 0 Å². The van der Waals surface area contributed by atoms with Crippen molar-refractivity contribution in [3.05, 3.63) is 23.8 Å². The Morgan fingerprint density at radius 3 is 2.94 bits per heavy atom. The van der Waals surface area contributed by atoms with Gasteiger partial charge in [-0.1, -0.05) is 0 Å². The first-order valence-electron chi connectivity index (χ1n) is 5.74. The number of nitrogens with one attached hydrogen (secondary N) is 1. The van der Waals surface area contributed by atoms with E-state index in [9.17, 15) is 9.59 Å². The SMILES string of the molecule is NCCCN1CC(=O)Nc2ccc(C(=O)O)cc21. The normalized spacial score (nSPS) is 14.1. The lowest BCUT2D eigenvalue weighted by molar-refractivity contribution is -0.115. The molecular weight excluding hydrogens is 234 g/mol. The van der Waals surface area contributed by atoms with E-state index in [1.807, 2.05) is 4.90 Å². The summed E-state index contributed by atoms with van der Waals surface area (Å²) >= 11 is 0. The third-order valence-electron chi connectivity index (χ3n) is 2.83. The molecule has 1 heterocycles. The van der Waals surface area contributed by atoms with Gasteiger partial charge in [0, 0.05) is 6.54 Å². The van der Waals surface area contributed by atoms with Gasteiger partial charge in [0.15, 0.2) is 0 Å². The molecule has 0 saturated heterocycles. The Kier molecular flexibility index (Phi) is 3.47. The van der Waals surface area contributed by atoms with Gasteiger partial charge >= 0.3 is 5.97 Å². The maximum atomic E-state index is 11.5. The minimum atomic E-state index is -0.978. The molecule has 6 nitrogen and oxygen atoms in total. The average molecular weight is 249 g/mol. The smallest absolute Gasteiger partial charge is 0.335 e. The topological polar surface area (TPSA) is 95.7 Å². The van der Waals surface area contributed by atoms with Crippen LogP contribution in [0.15, 0.2) is 18.2 Å². The van der Waals surface area contributed by atoms with Gasteiger partial charge in [-0.05, 0) is 31.2 Å². The Balaban J connectivity index is 2.34. The van der Waals surface area contributed by atoms with Gasteiger partial charge < -0.3 is 21.1 Å². The van der Waals surface area contributed by atoms with Gasteiger partial charge in [0.25, 0.3) is 0 Å². The summed E-state index contributed by atoms with van der Waals surface area (Å²) in [5, 5.41) is 11.7. The summed E-state index contributed by atoms with van der Waals surface area (Å²) in [6.45, 7) is 1.40. The number of benzene rings is 1. The number of carbonyl (C=O) groups excluding carboxylic acids is 1. The highest BCUT2D eigenvalue weighted by Gasteiger charge is 2.22. The van der Waals surface area contributed by atoms with Crippen molar-refractivity contribution in [3.63, 3.8) is 0 Å². The van der Waals surface area contributed by atoms with Gasteiger partial charge in [0.1, 0.15) is 0 Å². The highest BCUT2D eigenvalue weighted by molar-refractivity contribution is 6.02. The third-order valence-corrected chi connectivity index (χ3v) is 2.83. The molecule has 1 aromatic carbocycles. The molecule has 4 N–H and O–H groups in total. The zero-order chi connectivity index (χ0) is 13.1. The van der Waals surface area contributed by atoms with Gasteiger partial charge in [0.05, 0.1) is 23.5 Å². The van der Waals surface area contributed by atoms with E-state index in [0.717, 1.165) is 12.1 Å². The van der Waals surface area contributed by atoms with Gasteiger partial charge in [-0.25, -0.2) is 4.79 Å². The largest absolute Gasteiger partial charge is 0.478 e. The second-order valence-corrected chi connectivity index (χ2v) is 4.15. The number of carbonyl (C=O) groups is 2. The third kappa shape index (κ3) is 2.43. The van der Waals surface area contributed by atoms with E-state index >= 15 is 0 Å². The molecule has 0 spiro atoms. The number of amides is 1. The van der Waals surface area contributed by atoms with Crippen LogP contribution in [0, 0.1) is 0 Å². The zero-order valence-electron chi connectivity index (χ0n) is 9.85. The maximum absolute atomic E-state index is 11.5. The van der Waals surface area contributed by atoms with Crippen molar-refractivity contribution in [1.82, 2.24) is 0 Å². The lowest BCUT2D eigenvalue weighted by Crippen LogP contribution is -2.39. The van der Waals surface area contributed by atoms with E-state index in [1.54, 1.807) is 12.1 Å². The van der Waals surface area contributed by atoms with Gasteiger partial charge in [0.2, 0.25) is 5.91 Å². The molecule has 0 saturated carbocycles. The van der Waals surface area contributed by atoms with Gasteiger partial charge in [-0.15, -0.1) is 0 Å². The van der Waals surface area contributed by atoms with E-state index < -0.39 is 5.97 Å². The van der Waals surface area contributed by atoms with Gasteiger partial charge in [-0.3, -0.25) is 4.79 Å². The fourth-order valence-corrected chi connectivity index (χ4v) is 1.96. The number of nitrogens with zero attached hydrogens (tertiary/aromatic N) is 1.